The van der Waals surface area contributed by atoms with Crippen LogP contribution in [0.3, 0.4) is 0 Å². The van der Waals surface area contributed by atoms with Crippen molar-refractivity contribution in [2.75, 3.05) is 5.32 Å². The lowest BCUT2D eigenvalue weighted by Gasteiger charge is -2.17. The molecule has 1 saturated carbocycles. The van der Waals surface area contributed by atoms with E-state index in [1.807, 2.05) is 0 Å². The number of benzene rings is 1. The maximum absolute atomic E-state index is 12.1. The van der Waals surface area contributed by atoms with Gasteiger partial charge < -0.3 is 10.1 Å². The summed E-state index contributed by atoms with van der Waals surface area (Å²) < 4.78 is 3.86. The second-order valence-corrected chi connectivity index (χ2v) is 7.01. The van der Waals surface area contributed by atoms with Crippen LogP contribution in [0.5, 0.6) is 0 Å². The standard InChI is InChI=1S/C14H14Cl2N2O5/c1-8(23-12(20)13(2)7-14(13,15)16)11(19)17-9-5-3-4-6-10(9)18(21)22/h3-6,8H,7H2,1-2H3,(H,17,19)/t8-,13+/m0/s1. The average Bonchev–Trinajstić information content (AvgIpc) is 2.99. The van der Waals surface area contributed by atoms with Gasteiger partial charge in [-0.2, -0.15) is 0 Å². The number of esters is 1. The number of nitrogens with one attached hydrogen (secondary N) is 1. The molecule has 124 valence electrons. The number of para-hydroxylation sites is 2. The second-order valence-electron chi connectivity index (χ2n) is 5.52. The first-order valence-electron chi connectivity index (χ1n) is 6.72. The molecule has 0 spiro atoms. The van der Waals surface area contributed by atoms with E-state index in [9.17, 15) is 19.7 Å². The molecule has 0 heterocycles. The molecular weight excluding hydrogens is 347 g/mol. The van der Waals surface area contributed by atoms with Crippen LogP contribution in [0, 0.1) is 15.5 Å². The molecule has 0 unspecified atom stereocenters. The SMILES string of the molecule is C[C@H](OC(=O)[C@@]1(C)CC1(Cl)Cl)C(=O)Nc1ccccc1[N+](=O)[O-]. The summed E-state index contributed by atoms with van der Waals surface area (Å²) in [6.07, 6.45) is -0.913. The molecule has 1 N–H and O–H groups in total. The summed E-state index contributed by atoms with van der Waals surface area (Å²) in [4.78, 5) is 34.3. The van der Waals surface area contributed by atoms with E-state index in [0.29, 0.717) is 0 Å². The van der Waals surface area contributed by atoms with E-state index in [0.717, 1.165) is 0 Å². The van der Waals surface area contributed by atoms with Gasteiger partial charge in [-0.3, -0.25) is 19.7 Å². The van der Waals surface area contributed by atoms with Crippen LogP contribution in [-0.4, -0.2) is 27.2 Å². The topological polar surface area (TPSA) is 98.5 Å². The van der Waals surface area contributed by atoms with Gasteiger partial charge in [0, 0.05) is 12.5 Å². The lowest BCUT2D eigenvalue weighted by Crippen LogP contribution is -2.33. The molecule has 23 heavy (non-hydrogen) atoms. The van der Waals surface area contributed by atoms with E-state index in [1.54, 1.807) is 13.0 Å². The molecular formula is C14H14Cl2N2O5. The molecule has 0 aromatic heterocycles. The van der Waals surface area contributed by atoms with Gasteiger partial charge in [0.25, 0.3) is 11.6 Å². The Balaban J connectivity index is 2.02. The summed E-state index contributed by atoms with van der Waals surface area (Å²) in [5.41, 5.74) is -1.29. The Bertz CT molecular complexity index is 679. The highest BCUT2D eigenvalue weighted by atomic mass is 35.5. The van der Waals surface area contributed by atoms with Crippen LogP contribution >= 0.6 is 23.2 Å². The van der Waals surface area contributed by atoms with Gasteiger partial charge in [0.2, 0.25) is 0 Å². The third-order valence-corrected chi connectivity index (χ3v) is 4.82. The molecule has 1 aliphatic carbocycles. The van der Waals surface area contributed by atoms with Crippen LogP contribution in [-0.2, 0) is 14.3 Å². The van der Waals surface area contributed by atoms with Crippen molar-refractivity contribution in [2.24, 2.45) is 5.41 Å². The smallest absolute Gasteiger partial charge is 0.315 e. The summed E-state index contributed by atoms with van der Waals surface area (Å²) in [6, 6.07) is 5.66. The van der Waals surface area contributed by atoms with Gasteiger partial charge in [-0.25, -0.2) is 0 Å². The summed E-state index contributed by atoms with van der Waals surface area (Å²) in [6.45, 7) is 2.90. The molecule has 2 rings (SSSR count). The first-order chi connectivity index (χ1) is 10.6. The summed E-state index contributed by atoms with van der Waals surface area (Å²) >= 11 is 11.8. The van der Waals surface area contributed by atoms with Crippen molar-refractivity contribution in [1.82, 2.24) is 0 Å². The number of hydrogen-bond acceptors (Lipinski definition) is 5. The zero-order valence-electron chi connectivity index (χ0n) is 12.3. The molecule has 0 aliphatic heterocycles. The predicted molar refractivity (Wildman–Crippen MR) is 84.4 cm³/mol. The first-order valence-corrected chi connectivity index (χ1v) is 7.47. The number of alkyl halides is 2. The van der Waals surface area contributed by atoms with Gasteiger partial charge in [-0.1, -0.05) is 12.1 Å². The molecule has 7 nitrogen and oxygen atoms in total. The second kappa shape index (κ2) is 5.98. The number of ether oxygens (including phenoxy) is 1. The Labute approximate surface area is 142 Å². The number of anilines is 1. The average molecular weight is 361 g/mol. The van der Waals surface area contributed by atoms with Crippen LogP contribution in [0.25, 0.3) is 0 Å². The van der Waals surface area contributed by atoms with Gasteiger partial charge in [0.1, 0.15) is 15.4 Å². The fraction of sp³-hybridized carbons (Fsp3) is 0.429. The first kappa shape index (κ1) is 17.5. The van der Waals surface area contributed by atoms with Gasteiger partial charge in [0.15, 0.2) is 6.10 Å². The third-order valence-electron chi connectivity index (χ3n) is 3.72. The lowest BCUT2D eigenvalue weighted by atomic mass is 10.1. The number of rotatable bonds is 5. The summed E-state index contributed by atoms with van der Waals surface area (Å²) in [7, 11) is 0. The maximum atomic E-state index is 12.1. The van der Waals surface area contributed by atoms with Crippen molar-refractivity contribution in [3.05, 3.63) is 34.4 Å². The maximum Gasteiger partial charge on any atom is 0.315 e. The van der Waals surface area contributed by atoms with Crippen molar-refractivity contribution in [1.29, 1.82) is 0 Å². The van der Waals surface area contributed by atoms with Gasteiger partial charge in [-0.05, 0) is 19.9 Å². The number of nitro benzene ring substituents is 1. The minimum atomic E-state index is -1.20. The largest absolute Gasteiger partial charge is 0.452 e. The highest BCUT2D eigenvalue weighted by molar-refractivity contribution is 6.53. The Morgan fingerprint density at radius 2 is 1.96 bits per heavy atom. The number of carbonyl (C=O) groups is 2. The Morgan fingerprint density at radius 3 is 2.48 bits per heavy atom. The minimum absolute atomic E-state index is 0.0204. The van der Waals surface area contributed by atoms with E-state index >= 15 is 0 Å². The molecule has 2 atom stereocenters. The van der Waals surface area contributed by atoms with Gasteiger partial charge in [-0.15, -0.1) is 23.2 Å². The molecule has 1 aliphatic rings. The van der Waals surface area contributed by atoms with E-state index in [4.69, 9.17) is 27.9 Å². The molecule has 0 bridgehead atoms. The summed E-state index contributed by atoms with van der Waals surface area (Å²) in [5.74, 6) is -1.38. The number of halogens is 2. The minimum Gasteiger partial charge on any atom is -0.452 e. The van der Waals surface area contributed by atoms with E-state index in [-0.39, 0.29) is 17.8 Å². The van der Waals surface area contributed by atoms with Crippen LogP contribution in [0.4, 0.5) is 11.4 Å². The zero-order valence-corrected chi connectivity index (χ0v) is 13.9. The summed E-state index contributed by atoms with van der Waals surface area (Å²) in [5, 5.41) is 13.3. The van der Waals surface area contributed by atoms with Crippen LogP contribution in [0.2, 0.25) is 0 Å². The lowest BCUT2D eigenvalue weighted by molar-refractivity contribution is -0.383. The van der Waals surface area contributed by atoms with Crippen molar-refractivity contribution in [3.8, 4) is 0 Å². The highest BCUT2D eigenvalue weighted by Gasteiger charge is 2.69. The zero-order chi connectivity index (χ0) is 17.4. The van der Waals surface area contributed by atoms with Gasteiger partial charge >= 0.3 is 5.97 Å². The Kier molecular flexibility index (Phi) is 4.54. The van der Waals surface area contributed by atoms with Crippen LogP contribution < -0.4 is 5.32 Å². The quantitative estimate of drug-likeness (QED) is 0.376. The number of nitro groups is 1. The Hall–Kier alpha value is -1.86. The Morgan fingerprint density at radius 1 is 1.39 bits per heavy atom. The fourth-order valence-corrected chi connectivity index (χ4v) is 2.63. The molecule has 0 radical (unpaired) electrons. The highest BCUT2D eigenvalue weighted by Crippen LogP contribution is 2.64. The number of hydrogen-bond donors (Lipinski definition) is 1. The van der Waals surface area contributed by atoms with E-state index < -0.39 is 32.7 Å². The molecule has 1 aromatic rings. The van der Waals surface area contributed by atoms with Crippen molar-refractivity contribution in [3.63, 3.8) is 0 Å². The third kappa shape index (κ3) is 3.40. The van der Waals surface area contributed by atoms with Crippen molar-refractivity contribution >= 4 is 46.5 Å². The van der Waals surface area contributed by atoms with Crippen molar-refractivity contribution in [2.45, 2.75) is 30.7 Å². The molecule has 1 amide bonds. The molecule has 1 aromatic carbocycles. The van der Waals surface area contributed by atoms with Crippen molar-refractivity contribution < 1.29 is 19.2 Å². The number of carbonyl (C=O) groups excluding carboxylic acids is 2. The molecule has 0 saturated heterocycles. The number of nitrogens with zero attached hydrogens (tertiary/aromatic N) is 1. The monoisotopic (exact) mass is 360 g/mol. The fourth-order valence-electron chi connectivity index (χ4n) is 1.94. The normalized spacial score (nSPS) is 22.8. The van der Waals surface area contributed by atoms with E-state index in [1.165, 1.54) is 25.1 Å². The van der Waals surface area contributed by atoms with Gasteiger partial charge in [0.05, 0.1) is 4.92 Å². The molecule has 1 fully saturated rings. The predicted octanol–water partition coefficient (Wildman–Crippen LogP) is 3.05. The van der Waals surface area contributed by atoms with Crippen LogP contribution in [0.1, 0.15) is 20.3 Å². The molecule has 9 heteroatoms. The van der Waals surface area contributed by atoms with Crippen LogP contribution in [0.15, 0.2) is 24.3 Å². The number of amides is 1. The van der Waals surface area contributed by atoms with E-state index in [2.05, 4.69) is 5.32 Å².